The molecule has 0 bridgehead atoms. The van der Waals surface area contributed by atoms with Crippen LogP contribution in [0.1, 0.15) is 0 Å². The Bertz CT molecular complexity index is 641. The Morgan fingerprint density at radius 1 is 1.06 bits per heavy atom. The highest BCUT2D eigenvalue weighted by Crippen LogP contribution is 2.21. The van der Waals surface area contributed by atoms with Crippen molar-refractivity contribution in [3.8, 4) is 11.1 Å². The lowest BCUT2D eigenvalue weighted by Crippen LogP contribution is -1.95. The molecule has 0 radical (unpaired) electrons. The lowest BCUT2D eigenvalue weighted by molar-refractivity contribution is 1.15. The summed E-state index contributed by atoms with van der Waals surface area (Å²) in [5.74, 6) is 0.622. The summed E-state index contributed by atoms with van der Waals surface area (Å²) in [6, 6.07) is 6.04. The van der Waals surface area contributed by atoms with E-state index in [1.165, 1.54) is 0 Å². The van der Waals surface area contributed by atoms with E-state index in [4.69, 9.17) is 0 Å². The molecule has 3 aromatic rings. The smallest absolute Gasteiger partial charge is 0.222 e. The summed E-state index contributed by atoms with van der Waals surface area (Å²) in [5, 5.41) is 2.89. The zero-order valence-corrected chi connectivity index (χ0v) is 9.31. The van der Waals surface area contributed by atoms with Gasteiger partial charge in [-0.25, -0.2) is 15.0 Å². The van der Waals surface area contributed by atoms with Crippen molar-refractivity contribution in [3.63, 3.8) is 0 Å². The second kappa shape index (κ2) is 3.86. The molecule has 5 heteroatoms. The van der Waals surface area contributed by atoms with Gasteiger partial charge >= 0.3 is 0 Å². The molecule has 0 unspecified atom stereocenters. The Kier molecular flexibility index (Phi) is 2.22. The molecule has 2 N–H and O–H groups in total. The lowest BCUT2D eigenvalue weighted by Gasteiger charge is -2.02. The van der Waals surface area contributed by atoms with Crippen LogP contribution in [0.3, 0.4) is 0 Å². The van der Waals surface area contributed by atoms with E-state index in [0.717, 1.165) is 22.2 Å². The van der Waals surface area contributed by atoms with Crippen molar-refractivity contribution in [3.05, 3.63) is 36.9 Å². The van der Waals surface area contributed by atoms with E-state index in [1.807, 2.05) is 18.2 Å². The van der Waals surface area contributed by atoms with Gasteiger partial charge in [0.2, 0.25) is 5.95 Å². The first-order chi connectivity index (χ1) is 8.36. The van der Waals surface area contributed by atoms with Crippen LogP contribution in [0.4, 0.5) is 5.95 Å². The maximum atomic E-state index is 4.19. The molecule has 0 aliphatic rings. The van der Waals surface area contributed by atoms with Gasteiger partial charge in [-0.1, -0.05) is 6.07 Å². The molecule has 17 heavy (non-hydrogen) atoms. The summed E-state index contributed by atoms with van der Waals surface area (Å²) in [6.07, 6.45) is 5.29. The average Bonchev–Trinajstić information content (AvgIpc) is 2.86. The quantitative estimate of drug-likeness (QED) is 0.700. The highest BCUT2D eigenvalue weighted by Gasteiger charge is 2.02. The van der Waals surface area contributed by atoms with Gasteiger partial charge in [0.25, 0.3) is 0 Å². The molecule has 0 amide bonds. The minimum absolute atomic E-state index is 0.622. The molecule has 3 rings (SSSR count). The summed E-state index contributed by atoms with van der Waals surface area (Å²) >= 11 is 0. The number of hydrogen-bond donors (Lipinski definition) is 2. The van der Waals surface area contributed by atoms with E-state index < -0.39 is 0 Å². The SMILES string of the molecule is CNc1ncc(-c2ccc3nc[nH]c3c2)cn1. The second-order valence-electron chi connectivity index (χ2n) is 3.68. The summed E-state index contributed by atoms with van der Waals surface area (Å²) in [5.41, 5.74) is 4.03. The van der Waals surface area contributed by atoms with Crippen molar-refractivity contribution in [2.75, 3.05) is 12.4 Å². The van der Waals surface area contributed by atoms with E-state index in [-0.39, 0.29) is 0 Å². The number of aromatic amines is 1. The normalized spacial score (nSPS) is 10.6. The van der Waals surface area contributed by atoms with E-state index in [0.29, 0.717) is 5.95 Å². The molecule has 1 aromatic carbocycles. The summed E-state index contributed by atoms with van der Waals surface area (Å²) in [6.45, 7) is 0. The van der Waals surface area contributed by atoms with Crippen LogP contribution in [-0.2, 0) is 0 Å². The number of imidazole rings is 1. The number of rotatable bonds is 2. The third-order valence-electron chi connectivity index (χ3n) is 2.63. The van der Waals surface area contributed by atoms with E-state index in [1.54, 1.807) is 25.8 Å². The van der Waals surface area contributed by atoms with Crippen molar-refractivity contribution < 1.29 is 0 Å². The number of benzene rings is 1. The Balaban J connectivity index is 2.06. The van der Waals surface area contributed by atoms with Crippen molar-refractivity contribution in [1.29, 1.82) is 0 Å². The maximum Gasteiger partial charge on any atom is 0.222 e. The number of nitrogens with zero attached hydrogens (tertiary/aromatic N) is 3. The molecule has 2 heterocycles. The van der Waals surface area contributed by atoms with Gasteiger partial charge in [0.1, 0.15) is 0 Å². The number of aromatic nitrogens is 4. The van der Waals surface area contributed by atoms with E-state index in [9.17, 15) is 0 Å². The predicted octanol–water partition coefficient (Wildman–Crippen LogP) is 2.06. The zero-order chi connectivity index (χ0) is 11.7. The molecule has 0 atom stereocenters. The van der Waals surface area contributed by atoms with Crippen LogP contribution in [0.2, 0.25) is 0 Å². The monoisotopic (exact) mass is 225 g/mol. The van der Waals surface area contributed by atoms with E-state index in [2.05, 4.69) is 25.3 Å². The number of nitrogens with one attached hydrogen (secondary N) is 2. The van der Waals surface area contributed by atoms with Crippen molar-refractivity contribution >= 4 is 17.0 Å². The minimum Gasteiger partial charge on any atom is -0.357 e. The van der Waals surface area contributed by atoms with E-state index >= 15 is 0 Å². The van der Waals surface area contributed by atoms with Gasteiger partial charge in [0.15, 0.2) is 0 Å². The molecule has 0 saturated carbocycles. The Hall–Kier alpha value is -2.43. The van der Waals surface area contributed by atoms with Gasteiger partial charge in [0.05, 0.1) is 17.4 Å². The van der Waals surface area contributed by atoms with Crippen LogP contribution in [0.5, 0.6) is 0 Å². The standard InChI is InChI=1S/C12H11N5/c1-13-12-14-5-9(6-15-12)8-2-3-10-11(4-8)17-7-16-10/h2-7H,1H3,(H,16,17)(H,13,14,15). The third kappa shape index (κ3) is 1.71. The van der Waals surface area contributed by atoms with Crippen LogP contribution in [0.15, 0.2) is 36.9 Å². The molecule has 5 nitrogen and oxygen atoms in total. The first-order valence-electron chi connectivity index (χ1n) is 5.30. The Morgan fingerprint density at radius 2 is 1.88 bits per heavy atom. The largest absolute Gasteiger partial charge is 0.357 e. The van der Waals surface area contributed by atoms with Crippen LogP contribution in [0.25, 0.3) is 22.2 Å². The minimum atomic E-state index is 0.622. The van der Waals surface area contributed by atoms with Gasteiger partial charge in [-0.05, 0) is 17.7 Å². The molecule has 0 aliphatic heterocycles. The fourth-order valence-electron chi connectivity index (χ4n) is 1.72. The molecule has 0 spiro atoms. The van der Waals surface area contributed by atoms with Crippen molar-refractivity contribution in [2.45, 2.75) is 0 Å². The first kappa shape index (κ1) is 9.77. The van der Waals surface area contributed by atoms with Crippen molar-refractivity contribution in [2.24, 2.45) is 0 Å². The second-order valence-corrected chi connectivity index (χ2v) is 3.68. The molecular formula is C12H11N5. The van der Waals surface area contributed by atoms with Gasteiger partial charge < -0.3 is 10.3 Å². The van der Waals surface area contributed by atoms with Crippen LogP contribution in [0, 0.1) is 0 Å². The number of hydrogen-bond acceptors (Lipinski definition) is 4. The number of fused-ring (bicyclic) bond motifs is 1. The predicted molar refractivity (Wildman–Crippen MR) is 66.7 cm³/mol. The number of anilines is 1. The van der Waals surface area contributed by atoms with Gasteiger partial charge in [-0.3, -0.25) is 0 Å². The third-order valence-corrected chi connectivity index (χ3v) is 2.63. The number of H-pyrrole nitrogens is 1. The van der Waals surface area contributed by atoms with Crippen LogP contribution in [-0.4, -0.2) is 27.0 Å². The van der Waals surface area contributed by atoms with Gasteiger partial charge in [-0.2, -0.15) is 0 Å². The van der Waals surface area contributed by atoms with Crippen molar-refractivity contribution in [1.82, 2.24) is 19.9 Å². The Morgan fingerprint density at radius 3 is 2.65 bits per heavy atom. The molecule has 84 valence electrons. The van der Waals surface area contributed by atoms with Crippen LogP contribution >= 0.6 is 0 Å². The molecule has 0 saturated heterocycles. The molecular weight excluding hydrogens is 214 g/mol. The summed E-state index contributed by atoms with van der Waals surface area (Å²) in [7, 11) is 1.80. The topological polar surface area (TPSA) is 66.5 Å². The molecule has 0 aliphatic carbocycles. The summed E-state index contributed by atoms with van der Waals surface area (Å²) < 4.78 is 0. The highest BCUT2D eigenvalue weighted by atomic mass is 15.1. The van der Waals surface area contributed by atoms with Crippen LogP contribution < -0.4 is 5.32 Å². The Labute approximate surface area is 98.0 Å². The lowest BCUT2D eigenvalue weighted by atomic mass is 10.1. The maximum absolute atomic E-state index is 4.19. The average molecular weight is 225 g/mol. The first-order valence-corrected chi connectivity index (χ1v) is 5.30. The van der Waals surface area contributed by atoms with Gasteiger partial charge in [-0.15, -0.1) is 0 Å². The molecule has 0 fully saturated rings. The fourth-order valence-corrected chi connectivity index (χ4v) is 1.72. The zero-order valence-electron chi connectivity index (χ0n) is 9.31. The fraction of sp³-hybridized carbons (Fsp3) is 0.0833. The highest BCUT2D eigenvalue weighted by molar-refractivity contribution is 5.81. The summed E-state index contributed by atoms with van der Waals surface area (Å²) in [4.78, 5) is 15.7. The van der Waals surface area contributed by atoms with Gasteiger partial charge in [0, 0.05) is 25.0 Å². The molecule has 2 aromatic heterocycles.